The van der Waals surface area contributed by atoms with Crippen molar-refractivity contribution >= 4 is 11.5 Å². The van der Waals surface area contributed by atoms with Crippen molar-refractivity contribution in [2.45, 2.75) is 6.61 Å². The molecule has 0 amide bonds. The molecule has 0 fully saturated rings. The number of aliphatic hydroxyl groups excluding tert-OH is 1. The quantitative estimate of drug-likeness (QED) is 0.719. The lowest BCUT2D eigenvalue weighted by Crippen LogP contribution is -1.95. The minimum absolute atomic E-state index is 0.0466. The number of rotatable bonds is 2. The van der Waals surface area contributed by atoms with Gasteiger partial charge in [-0.2, -0.15) is 0 Å². The number of nitrogen functional groups attached to an aromatic ring is 1. The van der Waals surface area contributed by atoms with Crippen molar-refractivity contribution in [1.29, 1.82) is 0 Å². The molecule has 0 aliphatic heterocycles. The molecule has 2 aromatic heterocycles. The van der Waals surface area contributed by atoms with Crippen LogP contribution >= 0.6 is 0 Å². The monoisotopic (exact) mass is 239 g/mol. The summed E-state index contributed by atoms with van der Waals surface area (Å²) >= 11 is 0. The van der Waals surface area contributed by atoms with E-state index in [9.17, 15) is 5.11 Å². The molecular formula is C14H13N3O. The fourth-order valence-electron chi connectivity index (χ4n) is 2.07. The number of nitrogens with two attached hydrogens (primary N) is 1. The molecule has 4 nitrogen and oxygen atoms in total. The number of hydrogen-bond donors (Lipinski definition) is 2. The smallest absolute Gasteiger partial charge is 0.144 e. The zero-order valence-corrected chi connectivity index (χ0v) is 9.74. The molecule has 0 unspecified atom stereocenters. The van der Waals surface area contributed by atoms with Crippen LogP contribution in [0.2, 0.25) is 0 Å². The minimum Gasteiger partial charge on any atom is -0.392 e. The van der Waals surface area contributed by atoms with Crippen LogP contribution in [0.25, 0.3) is 16.9 Å². The Bertz CT molecular complexity index is 689. The largest absolute Gasteiger partial charge is 0.392 e. The summed E-state index contributed by atoms with van der Waals surface area (Å²) in [6.07, 6.45) is 1.85. The Morgan fingerprint density at radius 2 is 1.89 bits per heavy atom. The van der Waals surface area contributed by atoms with Crippen LogP contribution in [0.4, 0.5) is 5.82 Å². The third kappa shape index (κ3) is 1.55. The Hall–Kier alpha value is -2.33. The van der Waals surface area contributed by atoms with Gasteiger partial charge in [0, 0.05) is 17.3 Å². The lowest BCUT2D eigenvalue weighted by molar-refractivity contribution is 0.282. The van der Waals surface area contributed by atoms with E-state index in [0.717, 1.165) is 16.8 Å². The highest BCUT2D eigenvalue weighted by molar-refractivity contribution is 5.75. The van der Waals surface area contributed by atoms with Gasteiger partial charge in [-0.15, -0.1) is 0 Å². The Morgan fingerprint density at radius 3 is 2.61 bits per heavy atom. The van der Waals surface area contributed by atoms with Crippen LogP contribution in [0.5, 0.6) is 0 Å². The summed E-state index contributed by atoms with van der Waals surface area (Å²) in [5.41, 5.74) is 9.31. The highest BCUT2D eigenvalue weighted by Crippen LogP contribution is 2.27. The molecule has 0 aliphatic carbocycles. The highest BCUT2D eigenvalue weighted by Gasteiger charge is 2.12. The first-order chi connectivity index (χ1) is 8.81. The maximum absolute atomic E-state index is 9.31. The summed E-state index contributed by atoms with van der Waals surface area (Å²) in [4.78, 5) is 4.53. The molecule has 2 heterocycles. The zero-order chi connectivity index (χ0) is 12.5. The summed E-state index contributed by atoms with van der Waals surface area (Å²) in [6, 6.07) is 13.5. The fraction of sp³-hybridized carbons (Fsp3) is 0.0714. The van der Waals surface area contributed by atoms with Crippen molar-refractivity contribution in [2.24, 2.45) is 0 Å². The normalized spacial score (nSPS) is 10.9. The van der Waals surface area contributed by atoms with E-state index in [1.807, 2.05) is 48.7 Å². The van der Waals surface area contributed by atoms with Gasteiger partial charge in [0.15, 0.2) is 0 Å². The second-order valence-corrected chi connectivity index (χ2v) is 4.10. The summed E-state index contributed by atoms with van der Waals surface area (Å²) in [6.45, 7) is -0.0466. The first-order valence-corrected chi connectivity index (χ1v) is 5.73. The molecule has 1 aromatic carbocycles. The average molecular weight is 239 g/mol. The van der Waals surface area contributed by atoms with Crippen LogP contribution in [0, 0.1) is 0 Å². The molecule has 3 N–H and O–H groups in total. The van der Waals surface area contributed by atoms with Crippen molar-refractivity contribution < 1.29 is 5.11 Å². The predicted octanol–water partition coefficient (Wildman–Crippen LogP) is 2.08. The number of pyridine rings is 1. The molecule has 0 aliphatic rings. The predicted molar refractivity (Wildman–Crippen MR) is 71.0 cm³/mol. The van der Waals surface area contributed by atoms with Crippen LogP contribution in [0.15, 0.2) is 48.7 Å². The molecule has 0 saturated carbocycles. The minimum atomic E-state index is -0.0466. The maximum atomic E-state index is 9.31. The molecule has 4 heteroatoms. The summed E-state index contributed by atoms with van der Waals surface area (Å²) in [5.74, 6) is 0.589. The number of nitrogens with zero attached hydrogens (tertiary/aromatic N) is 2. The maximum Gasteiger partial charge on any atom is 0.144 e. The topological polar surface area (TPSA) is 63.5 Å². The summed E-state index contributed by atoms with van der Waals surface area (Å²) < 4.78 is 1.80. The van der Waals surface area contributed by atoms with E-state index in [-0.39, 0.29) is 6.61 Å². The summed E-state index contributed by atoms with van der Waals surface area (Å²) in [7, 11) is 0. The van der Waals surface area contributed by atoms with Crippen LogP contribution < -0.4 is 5.73 Å². The van der Waals surface area contributed by atoms with Crippen LogP contribution in [0.1, 0.15) is 5.56 Å². The van der Waals surface area contributed by atoms with Gasteiger partial charge in [0.05, 0.1) is 6.61 Å². The van der Waals surface area contributed by atoms with E-state index in [0.29, 0.717) is 11.5 Å². The second-order valence-electron chi connectivity index (χ2n) is 4.10. The van der Waals surface area contributed by atoms with E-state index in [4.69, 9.17) is 5.73 Å². The molecule has 0 spiro atoms. The molecule has 3 aromatic rings. The van der Waals surface area contributed by atoms with Crippen molar-refractivity contribution in [2.75, 3.05) is 5.73 Å². The van der Waals surface area contributed by atoms with E-state index < -0.39 is 0 Å². The average Bonchev–Trinajstić information content (AvgIpc) is 2.77. The van der Waals surface area contributed by atoms with Gasteiger partial charge in [-0.05, 0) is 6.07 Å². The Morgan fingerprint density at radius 1 is 1.11 bits per heavy atom. The van der Waals surface area contributed by atoms with Gasteiger partial charge in [-0.3, -0.25) is 4.40 Å². The standard InChI is InChI=1S/C14H13N3O/c15-13-12(10-5-2-1-3-6-10)16-14-11(9-18)7-4-8-17(13)14/h1-8,18H,9,15H2. The van der Waals surface area contributed by atoms with Gasteiger partial charge in [0.2, 0.25) is 0 Å². The molecular weight excluding hydrogens is 226 g/mol. The molecule has 0 radical (unpaired) electrons. The molecule has 90 valence electrons. The number of aliphatic hydroxyl groups is 1. The molecule has 3 rings (SSSR count). The van der Waals surface area contributed by atoms with E-state index >= 15 is 0 Å². The van der Waals surface area contributed by atoms with Crippen molar-refractivity contribution in [3.8, 4) is 11.3 Å². The van der Waals surface area contributed by atoms with Gasteiger partial charge in [-0.25, -0.2) is 4.98 Å². The number of fused-ring (bicyclic) bond motifs is 1. The number of anilines is 1. The van der Waals surface area contributed by atoms with Crippen molar-refractivity contribution in [3.63, 3.8) is 0 Å². The molecule has 18 heavy (non-hydrogen) atoms. The number of imidazole rings is 1. The fourth-order valence-corrected chi connectivity index (χ4v) is 2.07. The summed E-state index contributed by atoms with van der Waals surface area (Å²) in [5, 5.41) is 9.31. The number of hydrogen-bond acceptors (Lipinski definition) is 3. The van der Waals surface area contributed by atoms with Gasteiger partial charge in [-0.1, -0.05) is 36.4 Å². The molecule has 0 bridgehead atoms. The van der Waals surface area contributed by atoms with E-state index in [1.165, 1.54) is 0 Å². The third-order valence-electron chi connectivity index (χ3n) is 2.99. The number of benzene rings is 1. The first-order valence-electron chi connectivity index (χ1n) is 5.73. The van der Waals surface area contributed by atoms with Crippen LogP contribution in [-0.2, 0) is 6.61 Å². The van der Waals surface area contributed by atoms with Crippen molar-refractivity contribution in [1.82, 2.24) is 9.38 Å². The van der Waals surface area contributed by atoms with Gasteiger partial charge in [0.1, 0.15) is 17.2 Å². The van der Waals surface area contributed by atoms with Gasteiger partial charge < -0.3 is 10.8 Å². The highest BCUT2D eigenvalue weighted by atomic mass is 16.3. The van der Waals surface area contributed by atoms with Gasteiger partial charge in [0.25, 0.3) is 0 Å². The Balaban J connectivity index is 2.29. The lowest BCUT2D eigenvalue weighted by Gasteiger charge is -2.00. The Kier molecular flexibility index (Phi) is 2.50. The van der Waals surface area contributed by atoms with Crippen LogP contribution in [-0.4, -0.2) is 14.5 Å². The zero-order valence-electron chi connectivity index (χ0n) is 9.74. The van der Waals surface area contributed by atoms with Gasteiger partial charge >= 0.3 is 0 Å². The van der Waals surface area contributed by atoms with Crippen molar-refractivity contribution in [3.05, 3.63) is 54.2 Å². The third-order valence-corrected chi connectivity index (χ3v) is 2.99. The number of aromatic nitrogens is 2. The van der Waals surface area contributed by atoms with Crippen LogP contribution in [0.3, 0.4) is 0 Å². The van der Waals surface area contributed by atoms with E-state index in [2.05, 4.69) is 4.98 Å². The Labute approximate surface area is 104 Å². The lowest BCUT2D eigenvalue weighted by atomic mass is 10.1. The van der Waals surface area contributed by atoms with E-state index in [1.54, 1.807) is 4.40 Å². The SMILES string of the molecule is Nc1c(-c2ccccc2)nc2c(CO)cccn12. The molecule has 0 atom stereocenters. The molecule has 0 saturated heterocycles. The second kappa shape index (κ2) is 4.16. The first kappa shape index (κ1) is 10.8.